The van der Waals surface area contributed by atoms with Gasteiger partial charge in [0.05, 0.1) is 11.0 Å². The van der Waals surface area contributed by atoms with Crippen LogP contribution in [0.3, 0.4) is 0 Å². The van der Waals surface area contributed by atoms with Crippen LogP contribution < -0.4 is 0 Å². The topological polar surface area (TPSA) is 17.8 Å². The van der Waals surface area contributed by atoms with Crippen molar-refractivity contribution in [2.24, 2.45) is 0 Å². The lowest BCUT2D eigenvalue weighted by atomic mass is 9.82. The molecule has 0 radical (unpaired) electrons. The molecule has 0 N–H and O–H groups in total. The summed E-state index contributed by atoms with van der Waals surface area (Å²) >= 11 is 0. The number of para-hydroxylation sites is 2. The Labute approximate surface area is 321 Å². The van der Waals surface area contributed by atoms with Crippen LogP contribution in [0.2, 0.25) is 0 Å². The highest BCUT2D eigenvalue weighted by atomic mass is 15.1. The van der Waals surface area contributed by atoms with Crippen molar-refractivity contribution in [1.82, 2.24) is 9.55 Å². The maximum atomic E-state index is 4.96. The van der Waals surface area contributed by atoms with Gasteiger partial charge in [0.25, 0.3) is 0 Å². The van der Waals surface area contributed by atoms with E-state index in [1.807, 2.05) is 0 Å². The van der Waals surface area contributed by atoms with Gasteiger partial charge in [-0.1, -0.05) is 171 Å². The number of aryl methyl sites for hydroxylation is 1. The Hall–Kier alpha value is -7.03. The fourth-order valence-electron chi connectivity index (χ4n) is 8.40. The van der Waals surface area contributed by atoms with E-state index in [4.69, 9.17) is 4.98 Å². The predicted molar refractivity (Wildman–Crippen MR) is 233 cm³/mol. The second-order valence-electron chi connectivity index (χ2n) is 14.2. The van der Waals surface area contributed by atoms with Gasteiger partial charge in [-0.05, 0) is 114 Å². The zero-order valence-corrected chi connectivity index (χ0v) is 30.7. The predicted octanol–water partition coefficient (Wildman–Crippen LogP) is 14.2. The SMILES string of the molecule is CCc1nc2ccccc2n1-c1ccc(-c2c3ccccc3c(-c3ccc(-c4ccccc4)cc3-c3ccccc3)c3cc(-c4ccccc4)ccc23)cc1. The van der Waals surface area contributed by atoms with Crippen molar-refractivity contribution in [1.29, 1.82) is 0 Å². The zero-order valence-electron chi connectivity index (χ0n) is 30.7. The van der Waals surface area contributed by atoms with Crippen LogP contribution in [0.15, 0.2) is 200 Å². The van der Waals surface area contributed by atoms with Gasteiger partial charge in [0.15, 0.2) is 0 Å². The van der Waals surface area contributed by atoms with Crippen LogP contribution in [0.25, 0.3) is 93.9 Å². The van der Waals surface area contributed by atoms with Gasteiger partial charge in [-0.15, -0.1) is 0 Å². The number of rotatable bonds is 7. The summed E-state index contributed by atoms with van der Waals surface area (Å²) in [4.78, 5) is 4.96. The minimum atomic E-state index is 0.855. The molecule has 55 heavy (non-hydrogen) atoms. The van der Waals surface area contributed by atoms with Crippen molar-refractivity contribution in [3.05, 3.63) is 206 Å². The Morgan fingerprint density at radius 2 is 0.909 bits per heavy atom. The average Bonchev–Trinajstić information content (AvgIpc) is 3.65. The van der Waals surface area contributed by atoms with Crippen molar-refractivity contribution in [3.63, 3.8) is 0 Å². The Balaban J connectivity index is 1.25. The van der Waals surface area contributed by atoms with E-state index in [0.29, 0.717) is 0 Å². The largest absolute Gasteiger partial charge is 0.296 e. The zero-order chi connectivity index (χ0) is 36.7. The second kappa shape index (κ2) is 13.7. The molecule has 0 spiro atoms. The van der Waals surface area contributed by atoms with Gasteiger partial charge >= 0.3 is 0 Å². The molecule has 0 bridgehead atoms. The van der Waals surface area contributed by atoms with E-state index in [1.165, 1.54) is 77.2 Å². The highest BCUT2D eigenvalue weighted by molar-refractivity contribution is 6.23. The van der Waals surface area contributed by atoms with E-state index in [1.54, 1.807) is 0 Å². The molecule has 0 saturated heterocycles. The van der Waals surface area contributed by atoms with Gasteiger partial charge in [-0.3, -0.25) is 4.57 Å². The van der Waals surface area contributed by atoms with Gasteiger partial charge < -0.3 is 0 Å². The molecule has 2 heteroatoms. The smallest absolute Gasteiger partial charge is 0.114 e. The normalized spacial score (nSPS) is 11.4. The van der Waals surface area contributed by atoms with Crippen LogP contribution in [0.5, 0.6) is 0 Å². The molecule has 0 amide bonds. The van der Waals surface area contributed by atoms with E-state index < -0.39 is 0 Å². The number of nitrogens with zero attached hydrogens (tertiary/aromatic N) is 2. The standard InChI is InChI=1S/C53H38N2/c1-2-51-54-49-24-14-15-25-50(49)55(51)42-30-26-39(27-31-42)52-43-22-12-13-23-44(43)53(48-35-41(29-33-46(48)52)37-18-8-4-9-19-37)45-32-28-40(36-16-6-3-7-17-36)34-47(45)38-20-10-5-11-21-38/h3-35H,2H2,1H3. The first kappa shape index (κ1) is 32.6. The average molecular weight is 703 g/mol. The quantitative estimate of drug-likeness (QED) is 0.151. The first-order valence-corrected chi connectivity index (χ1v) is 19.1. The van der Waals surface area contributed by atoms with Gasteiger partial charge in [0.2, 0.25) is 0 Å². The summed E-state index contributed by atoms with van der Waals surface area (Å²) in [5.41, 5.74) is 15.4. The third kappa shape index (κ3) is 5.71. The molecule has 0 saturated carbocycles. The van der Waals surface area contributed by atoms with Crippen molar-refractivity contribution in [2.45, 2.75) is 13.3 Å². The van der Waals surface area contributed by atoms with E-state index in [0.717, 1.165) is 29.0 Å². The van der Waals surface area contributed by atoms with E-state index in [-0.39, 0.29) is 0 Å². The third-order valence-corrected chi connectivity index (χ3v) is 11.0. The maximum absolute atomic E-state index is 4.96. The summed E-state index contributed by atoms with van der Waals surface area (Å²) in [5.74, 6) is 1.06. The summed E-state index contributed by atoms with van der Waals surface area (Å²) in [6, 6.07) is 72.8. The van der Waals surface area contributed by atoms with Crippen LogP contribution in [0.1, 0.15) is 12.7 Å². The van der Waals surface area contributed by atoms with E-state index >= 15 is 0 Å². The van der Waals surface area contributed by atoms with Crippen LogP contribution >= 0.6 is 0 Å². The molecule has 2 nitrogen and oxygen atoms in total. The monoisotopic (exact) mass is 702 g/mol. The van der Waals surface area contributed by atoms with Crippen molar-refractivity contribution >= 4 is 32.6 Å². The summed E-state index contributed by atoms with van der Waals surface area (Å²) in [6.07, 6.45) is 0.855. The molecule has 0 aliphatic rings. The van der Waals surface area contributed by atoms with Crippen molar-refractivity contribution in [2.75, 3.05) is 0 Å². The lowest BCUT2D eigenvalue weighted by molar-refractivity contribution is 0.908. The summed E-state index contributed by atoms with van der Waals surface area (Å²) in [5, 5.41) is 4.93. The van der Waals surface area contributed by atoms with Gasteiger partial charge in [-0.25, -0.2) is 4.98 Å². The number of hydrogen-bond acceptors (Lipinski definition) is 1. The Morgan fingerprint density at radius 1 is 0.382 bits per heavy atom. The maximum Gasteiger partial charge on any atom is 0.114 e. The molecule has 9 aromatic carbocycles. The van der Waals surface area contributed by atoms with Crippen molar-refractivity contribution in [3.8, 4) is 61.3 Å². The van der Waals surface area contributed by atoms with Gasteiger partial charge in [0, 0.05) is 12.1 Å². The Morgan fingerprint density at radius 3 is 1.58 bits per heavy atom. The summed E-state index contributed by atoms with van der Waals surface area (Å²) in [6.45, 7) is 2.17. The molecule has 10 aromatic rings. The molecule has 10 rings (SSSR count). The van der Waals surface area contributed by atoms with Crippen molar-refractivity contribution < 1.29 is 0 Å². The number of hydrogen-bond donors (Lipinski definition) is 0. The lowest BCUT2D eigenvalue weighted by Gasteiger charge is -2.21. The van der Waals surface area contributed by atoms with Crippen LogP contribution in [-0.4, -0.2) is 9.55 Å². The van der Waals surface area contributed by atoms with Crippen LogP contribution in [-0.2, 0) is 6.42 Å². The minimum absolute atomic E-state index is 0.855. The summed E-state index contributed by atoms with van der Waals surface area (Å²) in [7, 11) is 0. The minimum Gasteiger partial charge on any atom is -0.296 e. The molecule has 0 atom stereocenters. The second-order valence-corrected chi connectivity index (χ2v) is 14.2. The van der Waals surface area contributed by atoms with Crippen LogP contribution in [0.4, 0.5) is 0 Å². The Kier molecular flexibility index (Phi) is 8.15. The first-order valence-electron chi connectivity index (χ1n) is 19.1. The van der Waals surface area contributed by atoms with E-state index in [2.05, 4.69) is 212 Å². The van der Waals surface area contributed by atoms with Gasteiger partial charge in [0.1, 0.15) is 5.82 Å². The number of fused-ring (bicyclic) bond motifs is 3. The first-order chi connectivity index (χ1) is 27.2. The van der Waals surface area contributed by atoms with Crippen LogP contribution in [0, 0.1) is 0 Å². The molecular formula is C53H38N2. The number of imidazole rings is 1. The molecule has 0 aliphatic heterocycles. The molecule has 0 fully saturated rings. The number of aromatic nitrogens is 2. The molecule has 260 valence electrons. The molecular weight excluding hydrogens is 665 g/mol. The number of benzene rings is 9. The lowest BCUT2D eigenvalue weighted by Crippen LogP contribution is -2.00. The fourth-order valence-corrected chi connectivity index (χ4v) is 8.40. The molecule has 0 unspecified atom stereocenters. The third-order valence-electron chi connectivity index (χ3n) is 11.0. The fraction of sp³-hybridized carbons (Fsp3) is 0.0377. The van der Waals surface area contributed by atoms with E-state index in [9.17, 15) is 0 Å². The molecule has 1 heterocycles. The molecule has 1 aromatic heterocycles. The Bertz CT molecular complexity index is 2980. The van der Waals surface area contributed by atoms with Gasteiger partial charge in [-0.2, -0.15) is 0 Å². The molecule has 0 aliphatic carbocycles. The highest BCUT2D eigenvalue weighted by Crippen LogP contribution is 2.48. The highest BCUT2D eigenvalue weighted by Gasteiger charge is 2.21. The summed E-state index contributed by atoms with van der Waals surface area (Å²) < 4.78 is 2.30.